The molecule has 1 amide bonds. The summed E-state index contributed by atoms with van der Waals surface area (Å²) in [5, 5.41) is 59.9. The Bertz CT molecular complexity index is 5060. The number of nitrogens with one attached hydrogen (secondary N) is 12. The van der Waals surface area contributed by atoms with E-state index in [9.17, 15) is 4.79 Å². The van der Waals surface area contributed by atoms with Gasteiger partial charge in [-0.15, -0.1) is 10.2 Å². The summed E-state index contributed by atoms with van der Waals surface area (Å²) in [6.45, 7) is 16.0. The lowest BCUT2D eigenvalue weighted by Gasteiger charge is -2.18. The third-order valence-electron chi connectivity index (χ3n) is 12.1. The molecule has 13 rings (SSSR count). The van der Waals surface area contributed by atoms with E-state index >= 15 is 0 Å². The number of hydrogen-bond acceptors (Lipinski definition) is 21. The van der Waals surface area contributed by atoms with Crippen LogP contribution < -0.4 is 11.1 Å². The van der Waals surface area contributed by atoms with Gasteiger partial charge in [0.15, 0.2) is 45.3 Å². The molecule has 0 aliphatic carbocycles. The Labute approximate surface area is 603 Å². The first-order valence-electron chi connectivity index (χ1n) is 27.9. The summed E-state index contributed by atoms with van der Waals surface area (Å²) in [6, 6.07) is 25.9. The van der Waals surface area contributed by atoms with Crippen LogP contribution in [0.2, 0.25) is 10.3 Å². The number of aryl methyl sites for hydroxylation is 2. The van der Waals surface area contributed by atoms with E-state index in [1.54, 1.807) is 44.3 Å². The Morgan fingerprint density at radius 3 is 1.59 bits per heavy atom. The number of para-hydroxylation sites is 1. The monoisotopic (exact) mass is 1510 g/mol. The smallest absolute Gasteiger partial charge is 0.229 e. The molecule has 510 valence electrons. The van der Waals surface area contributed by atoms with Crippen LogP contribution in [0.4, 0.5) is 11.9 Å². The highest BCUT2D eigenvalue weighted by molar-refractivity contribution is 7.72. The first-order chi connectivity index (χ1) is 45.4. The summed E-state index contributed by atoms with van der Waals surface area (Å²) in [5.74, 6) is 4.01. The molecule has 0 bridgehead atoms. The molecule has 0 fully saturated rings. The summed E-state index contributed by atoms with van der Waals surface area (Å²) < 4.78 is 19.4. The van der Waals surface area contributed by atoms with Crippen LogP contribution in [0.5, 0.6) is 0 Å². The normalized spacial score (nSPS) is 10.4. The molecule has 0 saturated carbocycles. The van der Waals surface area contributed by atoms with Crippen molar-refractivity contribution in [1.82, 2.24) is 143 Å². The van der Waals surface area contributed by atoms with Crippen LogP contribution in [0, 0.1) is 56.8 Å². The van der Waals surface area contributed by atoms with Gasteiger partial charge in [-0.3, -0.25) is 69.5 Å². The van der Waals surface area contributed by atoms with E-state index in [1.165, 1.54) is 12.5 Å². The van der Waals surface area contributed by atoms with Gasteiger partial charge in [0.1, 0.15) is 35.3 Å². The van der Waals surface area contributed by atoms with Crippen molar-refractivity contribution in [3.63, 3.8) is 0 Å². The fourth-order valence-corrected chi connectivity index (χ4v) is 9.28. The number of carbonyl (C=O) groups excluding carboxylic acids is 1. The van der Waals surface area contributed by atoms with Crippen LogP contribution in [-0.4, -0.2) is 149 Å². The van der Waals surface area contributed by atoms with Gasteiger partial charge >= 0.3 is 0 Å². The highest BCUT2D eigenvalue weighted by Crippen LogP contribution is 2.20. The second-order valence-electron chi connectivity index (χ2n) is 20.6. The van der Waals surface area contributed by atoms with Crippen molar-refractivity contribution in [2.24, 2.45) is 21.1 Å². The standard InChI is InChI=1S/C9H9N3S.C8H8N4S.C7H7Cl2N5S.C6H5N3S.C6H11N3S.C5H8N4OS.C5H9N3S.C4H7N3S.C3H5N3S/c13-9-10-8(11-12-9)6-7-4-2-1-3-5-7;9-7-10-11-8(13)12(7)6-4-2-1-3-5-6;1-13-4(11-12-7(13)15)2-14-3-10-5(8)6(14)9;10-6-8-7-5-3-1-2-4-9(5)6;1-6(2,3)9-4-7-8-5(9)10;1-3(10)6-4-7-8-5(11)9(4)2;1-4(2)8-3-6-7-5(8)9;1-3-5-6-4(8)7(3)2;1-2-4-3(7)6-5-2/h1-5H,6H2,(H2,10,11,12,13);1-5H,(H2,9,10)(H,11,13);3H,2H2,1H3,(H,12,15);1-4H,(H,8,10);4H,1-3H3,(H,8,10);1-2H3,(H,8,11)(H,6,7,10);3-4H,1-2H3,(H,7,9);1-2H3,(H,6,8);1H3,(H2,4,5,6,7). The van der Waals surface area contributed by atoms with Gasteiger partial charge in [0.05, 0.1) is 18.6 Å². The lowest BCUT2D eigenvalue weighted by Crippen LogP contribution is -2.20. The predicted molar refractivity (Wildman–Crippen MR) is 391 cm³/mol. The summed E-state index contributed by atoms with van der Waals surface area (Å²) in [7, 11) is 5.42. The summed E-state index contributed by atoms with van der Waals surface area (Å²) in [5.41, 5.74) is 8.65. The number of nitrogen functional groups attached to an aromatic ring is 1. The second-order valence-corrected chi connectivity index (χ2v) is 24.8. The number of aromatic nitrogens is 29. The third-order valence-corrected chi connectivity index (χ3v) is 15.5. The van der Waals surface area contributed by atoms with Gasteiger partial charge in [-0.25, -0.2) is 25.1 Å². The van der Waals surface area contributed by atoms with Gasteiger partial charge in [-0.05, 0) is 188 Å². The number of nitrogens with zero attached hydrogens (tertiary/aromatic N) is 18. The molecule has 0 radical (unpaired) electrons. The van der Waals surface area contributed by atoms with Crippen molar-refractivity contribution in [3.8, 4) is 5.69 Å². The van der Waals surface area contributed by atoms with Gasteiger partial charge < -0.3 is 28.6 Å². The maximum absolute atomic E-state index is 10.6. The lowest BCUT2D eigenvalue weighted by atomic mass is 10.1. The number of aromatic amines is 11. The van der Waals surface area contributed by atoms with Crippen LogP contribution in [0.25, 0.3) is 11.3 Å². The summed E-state index contributed by atoms with van der Waals surface area (Å²) in [4.78, 5) is 22.4. The molecule has 0 aliphatic rings. The fourth-order valence-electron chi connectivity index (χ4n) is 7.04. The van der Waals surface area contributed by atoms with E-state index in [1.807, 2.05) is 119 Å². The Kier molecular flexibility index (Phi) is 30.9. The number of amides is 1. The number of rotatable bonds is 7. The fraction of sp³-hybridized carbons (Fsp3) is 0.283. The van der Waals surface area contributed by atoms with Crippen LogP contribution in [-0.2, 0) is 44.4 Å². The zero-order valence-corrected chi connectivity index (χ0v) is 62.1. The number of pyridine rings is 1. The second kappa shape index (κ2) is 38.1. The zero-order chi connectivity index (χ0) is 70.8. The van der Waals surface area contributed by atoms with Crippen molar-refractivity contribution in [1.29, 1.82) is 0 Å². The van der Waals surface area contributed by atoms with Crippen molar-refractivity contribution in [2.75, 3.05) is 11.1 Å². The minimum Gasteiger partial charge on any atom is -0.368 e. The maximum Gasteiger partial charge on any atom is 0.229 e. The molecule has 0 atom stereocenters. The van der Waals surface area contributed by atoms with E-state index in [2.05, 4.69) is 171 Å². The Morgan fingerprint density at radius 1 is 0.615 bits per heavy atom. The van der Waals surface area contributed by atoms with Crippen molar-refractivity contribution >= 4 is 157 Å². The summed E-state index contributed by atoms with van der Waals surface area (Å²) in [6.07, 6.45) is 7.63. The molecule has 2 aromatic carbocycles. The number of anilines is 2. The van der Waals surface area contributed by atoms with Crippen molar-refractivity contribution < 1.29 is 4.79 Å². The van der Waals surface area contributed by atoms with Crippen LogP contribution in [0.1, 0.15) is 76.4 Å². The summed E-state index contributed by atoms with van der Waals surface area (Å²) >= 11 is 55.6. The number of H-pyrrole nitrogens is 11. The van der Waals surface area contributed by atoms with E-state index in [4.69, 9.17) is 127 Å². The van der Waals surface area contributed by atoms with Gasteiger partial charge in [-0.1, -0.05) is 77.8 Å². The Morgan fingerprint density at radius 2 is 1.19 bits per heavy atom. The van der Waals surface area contributed by atoms with E-state index in [-0.39, 0.29) is 16.6 Å². The number of benzene rings is 2. The largest absolute Gasteiger partial charge is 0.368 e. The lowest BCUT2D eigenvalue weighted by molar-refractivity contribution is -0.114. The van der Waals surface area contributed by atoms with Gasteiger partial charge in [0.25, 0.3) is 0 Å². The van der Waals surface area contributed by atoms with Crippen LogP contribution in [0.3, 0.4) is 0 Å². The van der Waals surface area contributed by atoms with Gasteiger partial charge in [-0.2, -0.15) is 25.5 Å². The first-order valence-corrected chi connectivity index (χ1v) is 32.3. The quantitative estimate of drug-likeness (QED) is 0.0659. The molecule has 32 nitrogen and oxygen atoms in total. The number of fused-ring (bicyclic) bond motifs is 1. The molecule has 11 heterocycles. The molecule has 0 saturated heterocycles. The molecule has 0 unspecified atom stereocenters. The number of imidazole rings is 1. The van der Waals surface area contributed by atoms with E-state index < -0.39 is 0 Å². The zero-order valence-electron chi connectivity index (χ0n) is 53.3. The number of carbonyl (C=O) groups is 1. The molecule has 43 heteroatoms. The molecule has 14 N–H and O–H groups in total. The molecule has 0 aliphatic heterocycles. The topological polar surface area (TPSA) is 397 Å². The molecule has 11 aromatic heterocycles. The van der Waals surface area contributed by atoms with E-state index in [0.29, 0.717) is 72.6 Å². The van der Waals surface area contributed by atoms with Gasteiger partial charge in [0.2, 0.25) is 32.1 Å². The van der Waals surface area contributed by atoms with Gasteiger partial charge in [0, 0.05) is 52.3 Å². The Balaban J connectivity index is 0.000000197. The highest BCUT2D eigenvalue weighted by Gasteiger charge is 2.13. The maximum atomic E-state index is 10.6. The third kappa shape index (κ3) is 24.8. The Hall–Kier alpha value is -8.78. The van der Waals surface area contributed by atoms with Crippen LogP contribution >= 0.6 is 133 Å². The number of hydrogen-bond donors (Lipinski definition) is 13. The van der Waals surface area contributed by atoms with E-state index in [0.717, 1.165) is 41.1 Å². The molecule has 13 aromatic rings. The average molecular weight is 1520 g/mol. The van der Waals surface area contributed by atoms with Crippen molar-refractivity contribution in [2.45, 2.75) is 79.9 Å². The highest BCUT2D eigenvalue weighted by atomic mass is 35.5. The first kappa shape index (κ1) is 77.9. The predicted octanol–water partition coefficient (Wildman–Crippen LogP) is 12.2. The number of halogens is 2. The average Bonchev–Trinajstić information content (AvgIpc) is 1.71. The molecular weight excluding hydrogens is 1450 g/mol. The molecular formula is C53H69Cl2N31OS9. The SMILES string of the molecule is CC(=O)Nc1n[nH]c(=S)n1C.CC(C)(C)n1cn[nH]c1=S.CC(C)n1cn[nH]c1=S.Cc1n[nH]c(=S)n1C.Cc1nc(=S)[nH][nH]1.Cn1c(Cn2cnc(Cl)c2Cl)n[nH]c1=S.Nc1n[nH]c(=S)n1-c1ccccc1.S=c1[nH]nc2ccccn12.S=c1nc(Cc2ccccc2)[nH][nH]1. The minimum absolute atomic E-state index is 0.0318. The number of nitrogens with two attached hydrogens (primary N) is 1. The minimum atomic E-state index is -0.165. The van der Waals surface area contributed by atoms with Crippen LogP contribution in [0.15, 0.2) is 104 Å². The molecule has 0 spiro atoms. The molecule has 96 heavy (non-hydrogen) atoms. The van der Waals surface area contributed by atoms with Crippen molar-refractivity contribution in [3.05, 3.63) is 186 Å².